The Labute approximate surface area is 202 Å². The van der Waals surface area contributed by atoms with Gasteiger partial charge >= 0.3 is 5.97 Å². The Morgan fingerprint density at radius 3 is 2.26 bits per heavy atom. The first-order valence-electron chi connectivity index (χ1n) is 10.7. The van der Waals surface area contributed by atoms with Gasteiger partial charge < -0.3 is 9.84 Å². The molecule has 4 aromatic rings. The number of rotatable bonds is 8. The van der Waals surface area contributed by atoms with Crippen molar-refractivity contribution in [3.63, 3.8) is 0 Å². The number of aromatic nitrogens is 2. The molecule has 0 saturated heterocycles. The average molecular weight is 495 g/mol. The minimum atomic E-state index is -3.42. The molecule has 3 aromatic carbocycles. The van der Waals surface area contributed by atoms with Crippen molar-refractivity contribution in [3.05, 3.63) is 89.9 Å². The summed E-state index contributed by atoms with van der Waals surface area (Å²) in [5, 5.41) is 14.7. The fraction of sp³-hybridized carbons (Fsp3) is 0.154. The normalized spacial score (nSPS) is 11.4. The molecule has 180 valence electrons. The molecule has 0 spiro atoms. The van der Waals surface area contributed by atoms with Crippen molar-refractivity contribution in [2.75, 3.05) is 13.4 Å². The van der Waals surface area contributed by atoms with E-state index in [2.05, 4.69) is 5.10 Å². The zero-order chi connectivity index (χ0) is 25.2. The number of benzene rings is 3. The molecule has 0 aliphatic heterocycles. The molecule has 4 rings (SSSR count). The summed E-state index contributed by atoms with van der Waals surface area (Å²) in [6, 6.07) is 19.8. The lowest BCUT2D eigenvalue weighted by Gasteiger charge is -2.09. The first-order chi connectivity index (χ1) is 16.7. The van der Waals surface area contributed by atoms with E-state index in [9.17, 15) is 22.7 Å². The van der Waals surface area contributed by atoms with E-state index in [1.807, 2.05) is 30.3 Å². The van der Waals surface area contributed by atoms with Gasteiger partial charge in [-0.1, -0.05) is 48.5 Å². The number of hydrogen-bond donors (Lipinski definition) is 1. The quantitative estimate of drug-likeness (QED) is 0.381. The molecule has 1 heterocycles. The third kappa shape index (κ3) is 5.09. The zero-order valence-electron chi connectivity index (χ0n) is 19.1. The number of carboxylic acid groups (broad SMARTS) is 1. The van der Waals surface area contributed by atoms with Crippen LogP contribution in [0.3, 0.4) is 0 Å². The van der Waals surface area contributed by atoms with Gasteiger partial charge in [0, 0.05) is 23.9 Å². The first-order valence-corrected chi connectivity index (χ1v) is 12.6. The topological polar surface area (TPSA) is 98.5 Å². The van der Waals surface area contributed by atoms with Crippen LogP contribution in [0.25, 0.3) is 22.4 Å². The van der Waals surface area contributed by atoms with Crippen molar-refractivity contribution in [2.45, 2.75) is 17.9 Å². The summed E-state index contributed by atoms with van der Waals surface area (Å²) in [5.74, 6) is -1.83. The van der Waals surface area contributed by atoms with E-state index in [1.165, 1.54) is 36.1 Å². The molecule has 0 bridgehead atoms. The van der Waals surface area contributed by atoms with Crippen molar-refractivity contribution in [2.24, 2.45) is 0 Å². The van der Waals surface area contributed by atoms with E-state index < -0.39 is 21.6 Å². The summed E-state index contributed by atoms with van der Waals surface area (Å²) in [6.45, 7) is 0.276. The number of methoxy groups -OCH3 is 1. The van der Waals surface area contributed by atoms with Crippen molar-refractivity contribution >= 4 is 15.8 Å². The maximum absolute atomic E-state index is 14.6. The van der Waals surface area contributed by atoms with Gasteiger partial charge in [0.2, 0.25) is 0 Å². The summed E-state index contributed by atoms with van der Waals surface area (Å²) < 4.78 is 44.8. The van der Waals surface area contributed by atoms with Gasteiger partial charge in [-0.25, -0.2) is 17.6 Å². The van der Waals surface area contributed by atoms with Crippen LogP contribution < -0.4 is 4.74 Å². The van der Waals surface area contributed by atoms with Gasteiger partial charge in [-0.15, -0.1) is 0 Å². The fourth-order valence-electron chi connectivity index (χ4n) is 3.88. The van der Waals surface area contributed by atoms with E-state index in [0.717, 1.165) is 11.8 Å². The van der Waals surface area contributed by atoms with E-state index in [-0.39, 0.29) is 28.4 Å². The van der Waals surface area contributed by atoms with E-state index in [1.54, 1.807) is 18.2 Å². The molecule has 35 heavy (non-hydrogen) atoms. The van der Waals surface area contributed by atoms with Crippen LogP contribution in [0.15, 0.2) is 77.7 Å². The van der Waals surface area contributed by atoms with Crippen molar-refractivity contribution in [1.29, 1.82) is 0 Å². The Morgan fingerprint density at radius 2 is 1.69 bits per heavy atom. The molecular weight excluding hydrogens is 471 g/mol. The average Bonchev–Trinajstić information content (AvgIpc) is 3.23. The maximum atomic E-state index is 14.6. The van der Waals surface area contributed by atoms with Gasteiger partial charge in [-0.3, -0.25) is 4.68 Å². The number of ether oxygens (including phenoxy) is 1. The third-order valence-corrected chi connectivity index (χ3v) is 6.73. The van der Waals surface area contributed by atoms with E-state index >= 15 is 0 Å². The number of hydrogen-bond acceptors (Lipinski definition) is 5. The molecule has 0 atom stereocenters. The van der Waals surface area contributed by atoms with Gasteiger partial charge in [0.05, 0.1) is 12.0 Å². The Hall–Kier alpha value is -3.98. The van der Waals surface area contributed by atoms with Crippen LogP contribution in [0.4, 0.5) is 4.39 Å². The zero-order valence-corrected chi connectivity index (χ0v) is 19.9. The lowest BCUT2D eigenvalue weighted by molar-refractivity contribution is 0.0684. The van der Waals surface area contributed by atoms with Crippen LogP contribution in [0.1, 0.15) is 16.1 Å². The SMILES string of the molecule is COc1ccc(-c2c(-c3ccc(S(C)(=O)=O)cc3)nn(CCc3ccccc3)c2C(=O)O)cc1F. The number of aromatic carboxylic acids is 1. The van der Waals surface area contributed by atoms with Gasteiger partial charge in [0.15, 0.2) is 27.1 Å². The summed E-state index contributed by atoms with van der Waals surface area (Å²) >= 11 is 0. The molecule has 0 saturated carbocycles. The van der Waals surface area contributed by atoms with Crippen molar-refractivity contribution in [3.8, 4) is 28.1 Å². The minimum Gasteiger partial charge on any atom is -0.494 e. The molecule has 7 nitrogen and oxygen atoms in total. The lowest BCUT2D eigenvalue weighted by Crippen LogP contribution is -2.12. The Balaban J connectivity index is 1.89. The number of carboxylic acids is 1. The molecule has 1 aromatic heterocycles. The number of aryl methyl sites for hydroxylation is 2. The van der Waals surface area contributed by atoms with E-state index in [0.29, 0.717) is 23.2 Å². The van der Waals surface area contributed by atoms with Gasteiger partial charge in [-0.2, -0.15) is 5.10 Å². The second-order valence-corrected chi connectivity index (χ2v) is 10.00. The predicted molar refractivity (Wildman–Crippen MR) is 130 cm³/mol. The summed E-state index contributed by atoms with van der Waals surface area (Å²) in [5.41, 5.74) is 2.28. The number of sulfone groups is 1. The Morgan fingerprint density at radius 1 is 1.03 bits per heavy atom. The third-order valence-electron chi connectivity index (χ3n) is 5.61. The van der Waals surface area contributed by atoms with Gasteiger partial charge in [0.25, 0.3) is 0 Å². The molecule has 0 amide bonds. The Bertz CT molecular complexity index is 1480. The molecule has 0 radical (unpaired) electrons. The Kier molecular flexibility index (Phi) is 6.70. The van der Waals surface area contributed by atoms with Gasteiger partial charge in [0.1, 0.15) is 5.69 Å². The largest absolute Gasteiger partial charge is 0.494 e. The second-order valence-electron chi connectivity index (χ2n) is 7.98. The van der Waals surface area contributed by atoms with Crippen LogP contribution in [-0.2, 0) is 22.8 Å². The van der Waals surface area contributed by atoms with Crippen molar-refractivity contribution in [1.82, 2.24) is 9.78 Å². The highest BCUT2D eigenvalue weighted by Crippen LogP contribution is 2.37. The smallest absolute Gasteiger partial charge is 0.354 e. The molecule has 0 fully saturated rings. The molecular formula is C26H23FN2O5S. The van der Waals surface area contributed by atoms with E-state index in [4.69, 9.17) is 4.74 Å². The van der Waals surface area contributed by atoms with Crippen LogP contribution in [0.2, 0.25) is 0 Å². The standard InChI is InChI=1S/C26H23FN2O5S/c1-34-22-13-10-19(16-21(22)27)23-24(18-8-11-20(12-9-18)35(2,32)33)28-29(25(23)26(30)31)15-14-17-6-4-3-5-7-17/h3-13,16H,14-15H2,1-2H3,(H,30,31). The van der Waals surface area contributed by atoms with Gasteiger partial charge in [-0.05, 0) is 41.8 Å². The van der Waals surface area contributed by atoms with Crippen LogP contribution in [0, 0.1) is 5.82 Å². The maximum Gasteiger partial charge on any atom is 0.354 e. The summed E-state index contributed by atoms with van der Waals surface area (Å²) in [6.07, 6.45) is 1.64. The monoisotopic (exact) mass is 494 g/mol. The highest BCUT2D eigenvalue weighted by atomic mass is 32.2. The lowest BCUT2D eigenvalue weighted by atomic mass is 9.98. The number of carbonyl (C=O) groups is 1. The molecule has 0 unspecified atom stereocenters. The van der Waals surface area contributed by atoms with Crippen molar-refractivity contribution < 1.29 is 27.4 Å². The minimum absolute atomic E-state index is 0.0288. The number of nitrogens with zero attached hydrogens (tertiary/aromatic N) is 2. The highest BCUT2D eigenvalue weighted by Gasteiger charge is 2.26. The molecule has 0 aliphatic rings. The molecule has 0 aliphatic carbocycles. The summed E-state index contributed by atoms with van der Waals surface area (Å²) in [7, 11) is -2.07. The predicted octanol–water partition coefficient (Wildman–Crippen LogP) is 4.71. The number of halogens is 1. The second kappa shape index (κ2) is 9.71. The van der Waals surface area contributed by atoms with Crippen LogP contribution >= 0.6 is 0 Å². The van der Waals surface area contributed by atoms with Crippen LogP contribution in [-0.4, -0.2) is 42.6 Å². The summed E-state index contributed by atoms with van der Waals surface area (Å²) in [4.78, 5) is 12.5. The first kappa shape index (κ1) is 24.2. The highest BCUT2D eigenvalue weighted by molar-refractivity contribution is 7.90. The van der Waals surface area contributed by atoms with Crippen LogP contribution in [0.5, 0.6) is 5.75 Å². The molecule has 1 N–H and O–H groups in total. The fourth-order valence-corrected chi connectivity index (χ4v) is 4.51. The molecule has 9 heteroatoms.